The Morgan fingerprint density at radius 1 is 0.889 bits per heavy atom. The molecule has 0 aliphatic rings. The normalized spacial score (nSPS) is 11.5. The van der Waals surface area contributed by atoms with Crippen LogP contribution in [0.2, 0.25) is 0 Å². The van der Waals surface area contributed by atoms with E-state index in [0.717, 1.165) is 12.1 Å². The number of nitrogen functional groups attached to an aromatic ring is 1. The van der Waals surface area contributed by atoms with Crippen LogP contribution in [0.4, 0.5) is 5.69 Å². The summed E-state index contributed by atoms with van der Waals surface area (Å²) in [5.41, 5.74) is 10.9. The van der Waals surface area contributed by atoms with Gasteiger partial charge in [0.15, 0.2) is 0 Å². The van der Waals surface area contributed by atoms with Crippen LogP contribution in [-0.2, 0) is 11.8 Å². The van der Waals surface area contributed by atoms with Crippen LogP contribution < -0.4 is 5.73 Å². The molecule has 18 heavy (non-hydrogen) atoms. The Morgan fingerprint density at radius 3 is 2.06 bits per heavy atom. The first kappa shape index (κ1) is 12.7. The Bertz CT molecular complexity index is 518. The molecular formula is C17H21N. The van der Waals surface area contributed by atoms with Gasteiger partial charge >= 0.3 is 0 Å². The van der Waals surface area contributed by atoms with Crippen molar-refractivity contribution >= 4 is 5.69 Å². The minimum Gasteiger partial charge on any atom is -0.398 e. The molecule has 2 N–H and O–H groups in total. The van der Waals surface area contributed by atoms with Crippen molar-refractivity contribution in [2.45, 2.75) is 32.6 Å². The molecule has 0 aliphatic heterocycles. The molecule has 2 aromatic carbocycles. The number of hydrogen-bond donors (Lipinski definition) is 1. The summed E-state index contributed by atoms with van der Waals surface area (Å²) >= 11 is 0. The number of para-hydroxylation sites is 1. The smallest absolute Gasteiger partial charge is 0.0349 e. The second-order valence-electron chi connectivity index (χ2n) is 5.82. The second kappa shape index (κ2) is 4.85. The molecule has 0 fully saturated rings. The third kappa shape index (κ3) is 2.92. The summed E-state index contributed by atoms with van der Waals surface area (Å²) in [5.74, 6) is 0. The molecule has 0 bridgehead atoms. The van der Waals surface area contributed by atoms with Gasteiger partial charge in [0, 0.05) is 5.69 Å². The van der Waals surface area contributed by atoms with Gasteiger partial charge in [0.05, 0.1) is 0 Å². The molecule has 0 amide bonds. The number of anilines is 1. The number of benzene rings is 2. The van der Waals surface area contributed by atoms with Crippen LogP contribution in [0.25, 0.3) is 0 Å². The predicted octanol–water partition coefficient (Wildman–Crippen LogP) is 4.16. The van der Waals surface area contributed by atoms with Crippen molar-refractivity contribution in [3.63, 3.8) is 0 Å². The topological polar surface area (TPSA) is 26.0 Å². The zero-order valence-electron chi connectivity index (χ0n) is 11.4. The first-order chi connectivity index (χ1) is 8.47. The average molecular weight is 239 g/mol. The Kier molecular flexibility index (Phi) is 3.42. The summed E-state index contributed by atoms with van der Waals surface area (Å²) in [4.78, 5) is 0. The van der Waals surface area contributed by atoms with E-state index in [1.165, 1.54) is 16.7 Å². The van der Waals surface area contributed by atoms with Gasteiger partial charge in [0.25, 0.3) is 0 Å². The highest BCUT2D eigenvalue weighted by Gasteiger charge is 2.12. The highest BCUT2D eigenvalue weighted by atomic mass is 14.6. The Hall–Kier alpha value is -1.76. The van der Waals surface area contributed by atoms with E-state index in [1.54, 1.807) is 0 Å². The minimum atomic E-state index is 0.213. The van der Waals surface area contributed by atoms with E-state index in [0.29, 0.717) is 0 Å². The highest BCUT2D eigenvalue weighted by molar-refractivity contribution is 5.48. The first-order valence-electron chi connectivity index (χ1n) is 6.39. The van der Waals surface area contributed by atoms with Crippen molar-refractivity contribution in [3.8, 4) is 0 Å². The fourth-order valence-corrected chi connectivity index (χ4v) is 2.04. The van der Waals surface area contributed by atoms with Gasteiger partial charge in [0.2, 0.25) is 0 Å². The van der Waals surface area contributed by atoms with Gasteiger partial charge in [-0.25, -0.2) is 0 Å². The molecule has 0 radical (unpaired) electrons. The van der Waals surface area contributed by atoms with E-state index in [9.17, 15) is 0 Å². The zero-order valence-corrected chi connectivity index (χ0v) is 11.4. The molecule has 0 saturated carbocycles. The van der Waals surface area contributed by atoms with Crippen LogP contribution in [0, 0.1) is 0 Å². The lowest BCUT2D eigenvalue weighted by Crippen LogP contribution is -2.10. The maximum Gasteiger partial charge on any atom is 0.0349 e. The molecule has 94 valence electrons. The molecule has 0 aliphatic carbocycles. The van der Waals surface area contributed by atoms with Crippen LogP contribution in [0.5, 0.6) is 0 Å². The van der Waals surface area contributed by atoms with Crippen molar-refractivity contribution in [1.29, 1.82) is 0 Å². The largest absolute Gasteiger partial charge is 0.398 e. The summed E-state index contributed by atoms with van der Waals surface area (Å²) in [7, 11) is 0. The third-order valence-electron chi connectivity index (χ3n) is 3.27. The van der Waals surface area contributed by atoms with Crippen molar-refractivity contribution in [2.24, 2.45) is 0 Å². The monoisotopic (exact) mass is 239 g/mol. The molecule has 1 nitrogen and oxygen atoms in total. The lowest BCUT2D eigenvalue weighted by molar-refractivity contribution is 0.590. The molecule has 1 heteroatoms. The average Bonchev–Trinajstić information content (AvgIpc) is 2.32. The van der Waals surface area contributed by atoms with Crippen molar-refractivity contribution in [3.05, 3.63) is 65.2 Å². The Balaban J connectivity index is 2.19. The van der Waals surface area contributed by atoms with E-state index in [-0.39, 0.29) is 5.41 Å². The Morgan fingerprint density at radius 2 is 1.50 bits per heavy atom. The summed E-state index contributed by atoms with van der Waals surface area (Å²) in [6, 6.07) is 16.9. The van der Waals surface area contributed by atoms with Crippen LogP contribution in [0.1, 0.15) is 37.5 Å². The lowest BCUT2D eigenvalue weighted by Gasteiger charge is -2.19. The third-order valence-corrected chi connectivity index (χ3v) is 3.27. The molecule has 0 spiro atoms. The van der Waals surface area contributed by atoms with E-state index < -0.39 is 0 Å². The lowest BCUT2D eigenvalue weighted by atomic mass is 9.86. The Labute approximate surface area is 110 Å². The van der Waals surface area contributed by atoms with Gasteiger partial charge in [-0.1, -0.05) is 63.2 Å². The molecule has 0 saturated heterocycles. The van der Waals surface area contributed by atoms with Gasteiger partial charge < -0.3 is 5.73 Å². The molecule has 0 heterocycles. The molecule has 0 atom stereocenters. The zero-order chi connectivity index (χ0) is 13.2. The summed E-state index contributed by atoms with van der Waals surface area (Å²) < 4.78 is 0. The molecule has 0 aromatic heterocycles. The summed E-state index contributed by atoms with van der Waals surface area (Å²) in [6.07, 6.45) is 0.900. The van der Waals surface area contributed by atoms with Crippen LogP contribution in [0.3, 0.4) is 0 Å². The van der Waals surface area contributed by atoms with Gasteiger partial charge in [-0.2, -0.15) is 0 Å². The van der Waals surface area contributed by atoms with E-state index in [1.807, 2.05) is 18.2 Å². The second-order valence-corrected chi connectivity index (χ2v) is 5.82. The molecule has 2 aromatic rings. The standard InChI is InChI=1S/C17H21N/c1-17(2,3)15-10-8-13(9-11-15)12-14-6-4-5-7-16(14)18/h4-11H,12,18H2,1-3H3. The predicted molar refractivity (Wildman–Crippen MR) is 78.8 cm³/mol. The van der Waals surface area contributed by atoms with Gasteiger partial charge in [-0.05, 0) is 34.6 Å². The maximum atomic E-state index is 5.97. The minimum absolute atomic E-state index is 0.213. The van der Waals surface area contributed by atoms with E-state index in [2.05, 4.69) is 51.1 Å². The fraction of sp³-hybridized carbons (Fsp3) is 0.294. The van der Waals surface area contributed by atoms with Crippen LogP contribution in [0.15, 0.2) is 48.5 Å². The van der Waals surface area contributed by atoms with Gasteiger partial charge in [-0.3, -0.25) is 0 Å². The quantitative estimate of drug-likeness (QED) is 0.782. The first-order valence-corrected chi connectivity index (χ1v) is 6.39. The van der Waals surface area contributed by atoms with E-state index >= 15 is 0 Å². The van der Waals surface area contributed by atoms with E-state index in [4.69, 9.17) is 5.73 Å². The number of nitrogens with two attached hydrogens (primary N) is 1. The molecule has 0 unspecified atom stereocenters. The van der Waals surface area contributed by atoms with Crippen molar-refractivity contribution in [1.82, 2.24) is 0 Å². The number of rotatable bonds is 2. The van der Waals surface area contributed by atoms with Crippen LogP contribution in [-0.4, -0.2) is 0 Å². The number of hydrogen-bond acceptors (Lipinski definition) is 1. The molecular weight excluding hydrogens is 218 g/mol. The maximum absolute atomic E-state index is 5.97. The SMILES string of the molecule is CC(C)(C)c1ccc(Cc2ccccc2N)cc1. The van der Waals surface area contributed by atoms with Crippen molar-refractivity contribution in [2.75, 3.05) is 5.73 Å². The van der Waals surface area contributed by atoms with Gasteiger partial charge in [0.1, 0.15) is 0 Å². The van der Waals surface area contributed by atoms with Crippen LogP contribution >= 0.6 is 0 Å². The van der Waals surface area contributed by atoms with Crippen molar-refractivity contribution < 1.29 is 0 Å². The molecule has 2 rings (SSSR count). The summed E-state index contributed by atoms with van der Waals surface area (Å²) in [5, 5.41) is 0. The summed E-state index contributed by atoms with van der Waals surface area (Å²) in [6.45, 7) is 6.70. The fourth-order valence-electron chi connectivity index (χ4n) is 2.04. The van der Waals surface area contributed by atoms with Gasteiger partial charge in [-0.15, -0.1) is 0 Å². The highest BCUT2D eigenvalue weighted by Crippen LogP contribution is 2.23.